The zero-order chi connectivity index (χ0) is 16.1. The predicted molar refractivity (Wildman–Crippen MR) is 94.5 cm³/mol. The number of hydrogen-bond acceptors (Lipinski definition) is 5. The number of thiophene rings is 1. The van der Waals surface area contributed by atoms with Crippen molar-refractivity contribution in [2.45, 2.75) is 32.5 Å². The van der Waals surface area contributed by atoms with Gasteiger partial charge < -0.3 is 5.11 Å². The Balaban J connectivity index is 1.62. The van der Waals surface area contributed by atoms with Crippen LogP contribution in [0.1, 0.15) is 23.4 Å². The average molecular weight is 331 g/mol. The highest BCUT2D eigenvalue weighted by Gasteiger charge is 2.26. The van der Waals surface area contributed by atoms with Crippen molar-refractivity contribution in [3.8, 4) is 0 Å². The summed E-state index contributed by atoms with van der Waals surface area (Å²) in [7, 11) is 0. The fourth-order valence-electron chi connectivity index (χ4n) is 3.27. The fourth-order valence-corrected chi connectivity index (χ4v) is 3.93. The molecule has 0 aliphatic carbocycles. The second-order valence-corrected chi connectivity index (χ2v) is 7.05. The minimum Gasteiger partial charge on any atom is -0.396 e. The number of aryl methyl sites for hydroxylation is 1. The van der Waals surface area contributed by atoms with Crippen molar-refractivity contribution in [2.24, 2.45) is 0 Å². The van der Waals surface area contributed by atoms with E-state index in [-0.39, 0.29) is 6.61 Å². The molecule has 0 aromatic carbocycles. The lowest BCUT2D eigenvalue weighted by Gasteiger charge is -2.41. The lowest BCUT2D eigenvalue weighted by atomic mass is 10.1. The van der Waals surface area contributed by atoms with Gasteiger partial charge in [-0.3, -0.25) is 14.8 Å². The summed E-state index contributed by atoms with van der Waals surface area (Å²) < 4.78 is 0. The van der Waals surface area contributed by atoms with Crippen LogP contribution in [0.4, 0.5) is 0 Å². The number of rotatable bonds is 6. The lowest BCUT2D eigenvalue weighted by Crippen LogP contribution is -2.52. The summed E-state index contributed by atoms with van der Waals surface area (Å²) in [5.74, 6) is 0. The summed E-state index contributed by atoms with van der Waals surface area (Å²) >= 11 is 1.76. The zero-order valence-electron chi connectivity index (χ0n) is 13.7. The standard InChI is InChI=1S/C18H25N3OS/c1-15-3-2-4-17(19-15)12-21-8-7-20(13-18(21)5-9-22)11-16-6-10-23-14-16/h2-4,6,10,14,18,22H,5,7-9,11-13H2,1H3. The molecule has 3 rings (SSSR count). The normalized spacial score (nSPS) is 20.0. The van der Waals surface area contributed by atoms with Gasteiger partial charge in [-0.05, 0) is 47.9 Å². The third-order valence-electron chi connectivity index (χ3n) is 4.45. The van der Waals surface area contributed by atoms with Gasteiger partial charge in [0.1, 0.15) is 0 Å². The predicted octanol–water partition coefficient (Wildman–Crippen LogP) is 2.52. The summed E-state index contributed by atoms with van der Waals surface area (Å²) in [5, 5.41) is 13.8. The van der Waals surface area contributed by atoms with Crippen LogP contribution >= 0.6 is 11.3 Å². The molecule has 2 aromatic rings. The first-order valence-electron chi connectivity index (χ1n) is 8.25. The topological polar surface area (TPSA) is 39.6 Å². The van der Waals surface area contributed by atoms with E-state index in [2.05, 4.69) is 43.7 Å². The molecule has 1 fully saturated rings. The number of aliphatic hydroxyl groups excluding tert-OH is 1. The summed E-state index contributed by atoms with van der Waals surface area (Å²) in [6.07, 6.45) is 0.825. The van der Waals surface area contributed by atoms with E-state index in [4.69, 9.17) is 0 Å². The molecule has 23 heavy (non-hydrogen) atoms. The number of nitrogens with zero attached hydrogens (tertiary/aromatic N) is 3. The Morgan fingerprint density at radius 1 is 1.26 bits per heavy atom. The van der Waals surface area contributed by atoms with Crippen LogP contribution in [0.25, 0.3) is 0 Å². The van der Waals surface area contributed by atoms with Gasteiger partial charge in [0.25, 0.3) is 0 Å². The second-order valence-electron chi connectivity index (χ2n) is 6.27. The van der Waals surface area contributed by atoms with E-state index >= 15 is 0 Å². The molecule has 5 heteroatoms. The molecule has 1 N–H and O–H groups in total. The first-order valence-corrected chi connectivity index (χ1v) is 9.20. The largest absolute Gasteiger partial charge is 0.396 e. The van der Waals surface area contributed by atoms with Crippen LogP contribution in [0.5, 0.6) is 0 Å². The van der Waals surface area contributed by atoms with Gasteiger partial charge in [0, 0.05) is 51.1 Å². The maximum absolute atomic E-state index is 9.43. The van der Waals surface area contributed by atoms with E-state index in [1.807, 2.05) is 13.0 Å². The molecule has 0 radical (unpaired) electrons. The van der Waals surface area contributed by atoms with Crippen molar-refractivity contribution >= 4 is 11.3 Å². The van der Waals surface area contributed by atoms with E-state index < -0.39 is 0 Å². The molecule has 0 bridgehead atoms. The van der Waals surface area contributed by atoms with Gasteiger partial charge in [-0.15, -0.1) is 0 Å². The van der Waals surface area contributed by atoms with Crippen LogP contribution in [0, 0.1) is 6.92 Å². The molecular formula is C18H25N3OS. The molecule has 1 atom stereocenters. The van der Waals surface area contributed by atoms with Gasteiger partial charge in [-0.25, -0.2) is 0 Å². The SMILES string of the molecule is Cc1cccc(CN2CCN(Cc3ccsc3)CC2CCO)n1. The quantitative estimate of drug-likeness (QED) is 0.883. The maximum atomic E-state index is 9.43. The van der Waals surface area contributed by atoms with Crippen molar-refractivity contribution < 1.29 is 5.11 Å². The van der Waals surface area contributed by atoms with E-state index in [0.717, 1.165) is 50.5 Å². The van der Waals surface area contributed by atoms with Crippen molar-refractivity contribution in [2.75, 3.05) is 26.2 Å². The molecular weight excluding hydrogens is 306 g/mol. The van der Waals surface area contributed by atoms with E-state index in [0.29, 0.717) is 6.04 Å². The molecule has 1 aliphatic heterocycles. The fraction of sp³-hybridized carbons (Fsp3) is 0.500. The Kier molecular flexibility index (Phi) is 5.78. The Morgan fingerprint density at radius 3 is 2.91 bits per heavy atom. The van der Waals surface area contributed by atoms with Crippen molar-refractivity contribution in [1.82, 2.24) is 14.8 Å². The number of piperazine rings is 1. The van der Waals surface area contributed by atoms with Gasteiger partial charge in [-0.1, -0.05) is 6.07 Å². The molecule has 3 heterocycles. The number of hydrogen-bond donors (Lipinski definition) is 1. The molecule has 124 valence electrons. The van der Waals surface area contributed by atoms with E-state index in [9.17, 15) is 5.11 Å². The van der Waals surface area contributed by atoms with Crippen LogP contribution in [-0.2, 0) is 13.1 Å². The molecule has 1 saturated heterocycles. The first kappa shape index (κ1) is 16.6. The highest BCUT2D eigenvalue weighted by atomic mass is 32.1. The maximum Gasteiger partial charge on any atom is 0.0547 e. The highest BCUT2D eigenvalue weighted by molar-refractivity contribution is 7.07. The van der Waals surface area contributed by atoms with Gasteiger partial charge in [0.15, 0.2) is 0 Å². The van der Waals surface area contributed by atoms with Crippen LogP contribution in [0.15, 0.2) is 35.0 Å². The number of aromatic nitrogens is 1. The van der Waals surface area contributed by atoms with Gasteiger partial charge >= 0.3 is 0 Å². The van der Waals surface area contributed by atoms with E-state index in [1.54, 1.807) is 11.3 Å². The van der Waals surface area contributed by atoms with Gasteiger partial charge in [0.05, 0.1) is 5.69 Å². The zero-order valence-corrected chi connectivity index (χ0v) is 14.5. The molecule has 0 spiro atoms. The minimum atomic E-state index is 0.245. The van der Waals surface area contributed by atoms with Gasteiger partial charge in [0.2, 0.25) is 0 Å². The molecule has 2 aromatic heterocycles. The lowest BCUT2D eigenvalue weighted by molar-refractivity contribution is 0.0492. The van der Waals surface area contributed by atoms with Crippen LogP contribution in [0.2, 0.25) is 0 Å². The summed E-state index contributed by atoms with van der Waals surface area (Å²) in [5.41, 5.74) is 3.59. The molecule has 1 aliphatic rings. The van der Waals surface area contributed by atoms with Crippen LogP contribution in [0.3, 0.4) is 0 Å². The molecule has 4 nitrogen and oxygen atoms in total. The van der Waals surface area contributed by atoms with Gasteiger partial charge in [-0.2, -0.15) is 11.3 Å². The minimum absolute atomic E-state index is 0.245. The molecule has 1 unspecified atom stereocenters. The van der Waals surface area contributed by atoms with Crippen LogP contribution < -0.4 is 0 Å². The summed E-state index contributed by atoms with van der Waals surface area (Å²) in [4.78, 5) is 9.60. The van der Waals surface area contributed by atoms with Crippen molar-refractivity contribution in [1.29, 1.82) is 0 Å². The molecule has 0 saturated carbocycles. The Morgan fingerprint density at radius 2 is 2.17 bits per heavy atom. The smallest absolute Gasteiger partial charge is 0.0547 e. The first-order chi connectivity index (χ1) is 11.2. The Bertz CT molecular complexity index is 602. The van der Waals surface area contributed by atoms with E-state index in [1.165, 1.54) is 5.56 Å². The van der Waals surface area contributed by atoms with Crippen molar-refractivity contribution in [3.05, 3.63) is 52.0 Å². The van der Waals surface area contributed by atoms with Crippen molar-refractivity contribution in [3.63, 3.8) is 0 Å². The number of pyridine rings is 1. The third-order valence-corrected chi connectivity index (χ3v) is 5.18. The monoisotopic (exact) mass is 331 g/mol. The highest BCUT2D eigenvalue weighted by Crippen LogP contribution is 2.18. The average Bonchev–Trinajstić information content (AvgIpc) is 3.03. The Labute approximate surface area is 142 Å². The summed E-state index contributed by atoms with van der Waals surface area (Å²) in [6, 6.07) is 8.81. The Hall–Kier alpha value is -1.27. The van der Waals surface area contributed by atoms with Crippen LogP contribution in [-0.4, -0.2) is 52.2 Å². The number of aliphatic hydroxyl groups is 1. The molecule has 0 amide bonds. The third kappa shape index (κ3) is 4.61. The summed E-state index contributed by atoms with van der Waals surface area (Å²) in [6.45, 7) is 7.29. The second kappa shape index (κ2) is 8.02.